The molecular weight excluding hydrogens is 396 g/mol. The molecule has 0 fully saturated rings. The van der Waals surface area contributed by atoms with E-state index in [0.29, 0.717) is 17.0 Å². The Morgan fingerprint density at radius 2 is 1.81 bits per heavy atom. The van der Waals surface area contributed by atoms with Gasteiger partial charge in [0, 0.05) is 15.7 Å². The van der Waals surface area contributed by atoms with Gasteiger partial charge < -0.3 is 14.6 Å². The molecule has 0 unspecified atom stereocenters. The second-order valence-electron chi connectivity index (χ2n) is 5.67. The molecule has 0 bridgehead atoms. The number of furan rings is 1. The molecule has 0 saturated heterocycles. The Morgan fingerprint density at radius 1 is 1.00 bits per heavy atom. The Morgan fingerprint density at radius 3 is 2.50 bits per heavy atom. The highest BCUT2D eigenvalue weighted by molar-refractivity contribution is 9.10. The lowest BCUT2D eigenvalue weighted by Crippen LogP contribution is -2.37. The van der Waals surface area contributed by atoms with Gasteiger partial charge in [-0.2, -0.15) is 0 Å². The van der Waals surface area contributed by atoms with Crippen LogP contribution in [0.15, 0.2) is 81.9 Å². The molecule has 0 saturated carbocycles. The molecule has 1 N–H and O–H groups in total. The van der Waals surface area contributed by atoms with Gasteiger partial charge in [-0.3, -0.25) is 9.59 Å². The zero-order valence-electron chi connectivity index (χ0n) is 13.9. The van der Waals surface area contributed by atoms with Gasteiger partial charge in [0.25, 0.3) is 5.91 Å². The lowest BCUT2D eigenvalue weighted by Gasteiger charge is -2.21. The third-order valence-electron chi connectivity index (χ3n) is 3.68. The Bertz CT molecular complexity index is 879. The Hall–Kier alpha value is -2.86. The fraction of sp³-hybridized carbons (Fsp3) is 0.100. The number of amides is 2. The fourth-order valence-corrected chi connectivity index (χ4v) is 2.89. The summed E-state index contributed by atoms with van der Waals surface area (Å²) in [6.45, 7) is 0.126. The molecule has 26 heavy (non-hydrogen) atoms. The van der Waals surface area contributed by atoms with Crippen molar-refractivity contribution in [1.82, 2.24) is 4.90 Å². The molecule has 0 spiro atoms. The Balaban J connectivity index is 1.76. The SMILES string of the molecule is O=C(CN(Cc1ccco1)C(=O)c1cccc(Br)c1)Nc1ccccc1. The summed E-state index contributed by atoms with van der Waals surface area (Å²) in [4.78, 5) is 26.8. The molecular formula is C20H17BrN2O3. The van der Waals surface area contributed by atoms with Gasteiger partial charge in [-0.1, -0.05) is 40.2 Å². The number of carbonyl (C=O) groups excluding carboxylic acids is 2. The molecule has 0 aliphatic carbocycles. The van der Waals surface area contributed by atoms with Crippen molar-refractivity contribution in [3.8, 4) is 0 Å². The van der Waals surface area contributed by atoms with Crippen LogP contribution >= 0.6 is 15.9 Å². The van der Waals surface area contributed by atoms with Gasteiger partial charge in [0.05, 0.1) is 12.8 Å². The maximum atomic E-state index is 12.9. The van der Waals surface area contributed by atoms with Crippen LogP contribution in [0.25, 0.3) is 0 Å². The molecule has 3 rings (SSSR count). The minimum atomic E-state index is -0.272. The van der Waals surface area contributed by atoms with Crippen LogP contribution in [0.1, 0.15) is 16.1 Å². The number of hydrogen-bond donors (Lipinski definition) is 1. The third kappa shape index (κ3) is 4.83. The minimum absolute atomic E-state index is 0.0824. The molecule has 0 radical (unpaired) electrons. The highest BCUT2D eigenvalue weighted by Crippen LogP contribution is 2.16. The largest absolute Gasteiger partial charge is 0.467 e. The minimum Gasteiger partial charge on any atom is -0.467 e. The van der Waals surface area contributed by atoms with Gasteiger partial charge in [0.2, 0.25) is 5.91 Å². The van der Waals surface area contributed by atoms with E-state index < -0.39 is 0 Å². The van der Waals surface area contributed by atoms with E-state index in [1.54, 1.807) is 48.7 Å². The quantitative estimate of drug-likeness (QED) is 0.655. The van der Waals surface area contributed by atoms with Crippen molar-refractivity contribution in [2.75, 3.05) is 11.9 Å². The average Bonchev–Trinajstić information content (AvgIpc) is 3.14. The first-order valence-electron chi connectivity index (χ1n) is 8.04. The summed E-state index contributed by atoms with van der Waals surface area (Å²) in [5.41, 5.74) is 1.18. The summed E-state index contributed by atoms with van der Waals surface area (Å²) in [6, 6.07) is 19.7. The summed E-state index contributed by atoms with van der Waals surface area (Å²) in [7, 11) is 0. The first-order chi connectivity index (χ1) is 12.6. The van der Waals surface area contributed by atoms with Crippen molar-refractivity contribution in [3.63, 3.8) is 0 Å². The number of halogens is 1. The van der Waals surface area contributed by atoms with Crippen LogP contribution in [0, 0.1) is 0 Å². The predicted molar refractivity (Wildman–Crippen MR) is 103 cm³/mol. The van der Waals surface area contributed by atoms with Crippen LogP contribution in [-0.2, 0) is 11.3 Å². The number of anilines is 1. The molecule has 6 heteroatoms. The second-order valence-corrected chi connectivity index (χ2v) is 6.58. The summed E-state index contributed by atoms with van der Waals surface area (Å²) < 4.78 is 6.14. The molecule has 132 valence electrons. The molecule has 1 aromatic heterocycles. The maximum absolute atomic E-state index is 12.9. The zero-order chi connectivity index (χ0) is 18.4. The number of hydrogen-bond acceptors (Lipinski definition) is 3. The van der Waals surface area contributed by atoms with Gasteiger partial charge in [0.15, 0.2) is 0 Å². The van der Waals surface area contributed by atoms with Crippen molar-refractivity contribution >= 4 is 33.4 Å². The zero-order valence-corrected chi connectivity index (χ0v) is 15.5. The third-order valence-corrected chi connectivity index (χ3v) is 4.17. The number of nitrogens with zero attached hydrogens (tertiary/aromatic N) is 1. The molecule has 2 aromatic carbocycles. The Labute approximate surface area is 159 Å². The molecule has 0 atom stereocenters. The lowest BCUT2D eigenvalue weighted by molar-refractivity contribution is -0.117. The highest BCUT2D eigenvalue weighted by Gasteiger charge is 2.20. The molecule has 1 heterocycles. The van der Waals surface area contributed by atoms with Crippen molar-refractivity contribution in [1.29, 1.82) is 0 Å². The normalized spacial score (nSPS) is 10.3. The highest BCUT2D eigenvalue weighted by atomic mass is 79.9. The first kappa shape index (κ1) is 17.9. The number of para-hydroxylation sites is 1. The van der Waals surface area contributed by atoms with Gasteiger partial charge in [0.1, 0.15) is 12.3 Å². The van der Waals surface area contributed by atoms with Crippen LogP contribution in [0.4, 0.5) is 5.69 Å². The number of rotatable bonds is 6. The van der Waals surface area contributed by atoms with Crippen LogP contribution in [0.2, 0.25) is 0 Å². The average molecular weight is 413 g/mol. The molecule has 0 aliphatic heterocycles. The second kappa shape index (κ2) is 8.49. The van der Waals surface area contributed by atoms with Gasteiger partial charge in [-0.05, 0) is 42.5 Å². The maximum Gasteiger partial charge on any atom is 0.254 e. The van der Waals surface area contributed by atoms with E-state index in [1.165, 1.54) is 4.90 Å². The molecule has 0 aliphatic rings. The van der Waals surface area contributed by atoms with E-state index in [-0.39, 0.29) is 24.9 Å². The lowest BCUT2D eigenvalue weighted by atomic mass is 10.2. The van der Waals surface area contributed by atoms with Crippen LogP contribution in [0.3, 0.4) is 0 Å². The van der Waals surface area contributed by atoms with Crippen molar-refractivity contribution < 1.29 is 14.0 Å². The van der Waals surface area contributed by atoms with E-state index in [2.05, 4.69) is 21.2 Å². The van der Waals surface area contributed by atoms with E-state index >= 15 is 0 Å². The van der Waals surface area contributed by atoms with Crippen LogP contribution in [-0.4, -0.2) is 23.3 Å². The van der Waals surface area contributed by atoms with Gasteiger partial charge >= 0.3 is 0 Å². The number of nitrogens with one attached hydrogen (secondary N) is 1. The van der Waals surface area contributed by atoms with Gasteiger partial charge in [-0.25, -0.2) is 0 Å². The molecule has 5 nitrogen and oxygen atoms in total. The topological polar surface area (TPSA) is 62.6 Å². The molecule has 2 amide bonds. The predicted octanol–water partition coefficient (Wildman–Crippen LogP) is 4.32. The first-order valence-corrected chi connectivity index (χ1v) is 8.83. The van der Waals surface area contributed by atoms with Crippen molar-refractivity contribution in [3.05, 3.63) is 88.8 Å². The van der Waals surface area contributed by atoms with E-state index in [0.717, 1.165) is 4.47 Å². The van der Waals surface area contributed by atoms with Gasteiger partial charge in [-0.15, -0.1) is 0 Å². The van der Waals surface area contributed by atoms with Crippen LogP contribution in [0.5, 0.6) is 0 Å². The van der Waals surface area contributed by atoms with E-state index in [9.17, 15) is 9.59 Å². The van der Waals surface area contributed by atoms with Crippen LogP contribution < -0.4 is 5.32 Å². The summed E-state index contributed by atoms with van der Waals surface area (Å²) in [6.07, 6.45) is 1.54. The summed E-state index contributed by atoms with van der Waals surface area (Å²) in [5, 5.41) is 2.80. The summed E-state index contributed by atoms with van der Waals surface area (Å²) in [5.74, 6) is 0.0953. The van der Waals surface area contributed by atoms with Crippen molar-refractivity contribution in [2.45, 2.75) is 6.54 Å². The van der Waals surface area contributed by atoms with E-state index in [4.69, 9.17) is 4.42 Å². The standard InChI is InChI=1S/C20H17BrN2O3/c21-16-7-4-6-15(12-16)20(25)23(13-18-10-5-11-26-18)14-19(24)22-17-8-2-1-3-9-17/h1-12H,13-14H2,(H,22,24). The smallest absolute Gasteiger partial charge is 0.254 e. The van der Waals surface area contributed by atoms with E-state index in [1.807, 2.05) is 24.3 Å². The van der Waals surface area contributed by atoms with Crippen molar-refractivity contribution in [2.24, 2.45) is 0 Å². The fourth-order valence-electron chi connectivity index (χ4n) is 2.49. The number of carbonyl (C=O) groups is 2. The monoisotopic (exact) mass is 412 g/mol. The Kier molecular flexibility index (Phi) is 5.86. The number of benzene rings is 2. The molecule has 3 aromatic rings. The summed E-state index contributed by atoms with van der Waals surface area (Å²) >= 11 is 3.37.